The van der Waals surface area contributed by atoms with Crippen LogP contribution in [-0.2, 0) is 42.9 Å². The molecule has 5 unspecified atom stereocenters. The smallest absolute Gasteiger partial charge is 0.336 e. The number of carbonyl (C=O) groups is 4. The van der Waals surface area contributed by atoms with E-state index in [1.165, 1.54) is 13.0 Å². The Kier molecular flexibility index (Phi) is 9.26. The van der Waals surface area contributed by atoms with E-state index in [4.69, 9.17) is 32.8 Å². The van der Waals surface area contributed by atoms with Crippen LogP contribution in [-0.4, -0.2) is 61.2 Å². The molecule has 0 radical (unpaired) electrons. The van der Waals surface area contributed by atoms with E-state index in [1.54, 1.807) is 19.1 Å². The third-order valence-corrected chi connectivity index (χ3v) is 6.39. The van der Waals surface area contributed by atoms with Crippen LogP contribution in [0.25, 0.3) is 22.1 Å². The van der Waals surface area contributed by atoms with Crippen molar-refractivity contribution in [3.8, 4) is 16.9 Å². The van der Waals surface area contributed by atoms with E-state index in [0.29, 0.717) is 16.5 Å². The Morgan fingerprint density at radius 2 is 1.40 bits per heavy atom. The summed E-state index contributed by atoms with van der Waals surface area (Å²) < 4.78 is 39.1. The van der Waals surface area contributed by atoms with Crippen molar-refractivity contribution in [1.82, 2.24) is 0 Å². The molecule has 0 spiro atoms. The zero-order valence-corrected chi connectivity index (χ0v) is 23.6. The Morgan fingerprint density at radius 3 is 2.02 bits per heavy atom. The highest BCUT2D eigenvalue weighted by Gasteiger charge is 2.53. The van der Waals surface area contributed by atoms with E-state index in [1.807, 2.05) is 30.3 Å². The summed E-state index contributed by atoms with van der Waals surface area (Å²) in [5.74, 6) is -2.72. The van der Waals surface area contributed by atoms with Gasteiger partial charge in [-0.05, 0) is 30.2 Å². The lowest BCUT2D eigenvalue weighted by Gasteiger charge is -2.44. The van der Waals surface area contributed by atoms with Crippen LogP contribution < -0.4 is 10.4 Å². The summed E-state index contributed by atoms with van der Waals surface area (Å²) in [5.41, 5.74) is 1.57. The van der Waals surface area contributed by atoms with E-state index in [-0.39, 0.29) is 11.3 Å². The Labute approximate surface area is 240 Å². The maximum atomic E-state index is 12.5. The van der Waals surface area contributed by atoms with Crippen molar-refractivity contribution in [2.24, 2.45) is 0 Å². The number of hydrogen-bond acceptors (Lipinski definition) is 12. The van der Waals surface area contributed by atoms with Crippen LogP contribution in [0.5, 0.6) is 5.75 Å². The first-order valence-corrected chi connectivity index (χ1v) is 13.0. The van der Waals surface area contributed by atoms with Gasteiger partial charge in [-0.15, -0.1) is 0 Å². The maximum Gasteiger partial charge on any atom is 0.336 e. The molecular weight excluding hydrogens is 552 g/mol. The van der Waals surface area contributed by atoms with E-state index < -0.39 is 66.8 Å². The third-order valence-electron chi connectivity index (χ3n) is 6.39. The van der Waals surface area contributed by atoms with Crippen LogP contribution in [0.3, 0.4) is 0 Å². The number of aryl methyl sites for hydroxylation is 1. The van der Waals surface area contributed by atoms with Gasteiger partial charge in [-0.1, -0.05) is 30.3 Å². The quantitative estimate of drug-likeness (QED) is 0.218. The van der Waals surface area contributed by atoms with Crippen molar-refractivity contribution in [3.63, 3.8) is 0 Å². The molecule has 42 heavy (non-hydrogen) atoms. The van der Waals surface area contributed by atoms with Crippen molar-refractivity contribution < 1.29 is 52.0 Å². The maximum absolute atomic E-state index is 12.5. The van der Waals surface area contributed by atoms with Crippen LogP contribution in [0.4, 0.5) is 0 Å². The highest BCUT2D eigenvalue weighted by molar-refractivity contribution is 5.95. The van der Waals surface area contributed by atoms with E-state index in [9.17, 15) is 24.0 Å². The lowest BCUT2D eigenvalue weighted by Crippen LogP contribution is -2.63. The summed E-state index contributed by atoms with van der Waals surface area (Å²) in [5, 5.41) is 0.646. The first kappa shape index (κ1) is 30.3. The molecule has 5 atom stereocenters. The van der Waals surface area contributed by atoms with E-state index in [2.05, 4.69) is 0 Å². The molecule has 1 aromatic heterocycles. The summed E-state index contributed by atoms with van der Waals surface area (Å²) in [4.78, 5) is 60.3. The molecule has 3 aromatic rings. The lowest BCUT2D eigenvalue weighted by molar-refractivity contribution is -0.288. The molecule has 12 nitrogen and oxygen atoms in total. The predicted molar refractivity (Wildman–Crippen MR) is 145 cm³/mol. The molecule has 0 saturated carbocycles. The van der Waals surface area contributed by atoms with Crippen LogP contribution in [0, 0.1) is 6.92 Å². The second-order valence-corrected chi connectivity index (χ2v) is 9.60. The monoisotopic (exact) mass is 582 g/mol. The van der Waals surface area contributed by atoms with Crippen LogP contribution in [0.2, 0.25) is 0 Å². The SMILES string of the molecule is CC(=O)OCC1OC(Oc2ccc3c(-c4ccccc4)cc(=O)oc3c2C)C(OC(C)=O)C(OC(C)=O)C1OC(C)=O. The number of rotatable bonds is 8. The van der Waals surface area contributed by atoms with Gasteiger partial charge in [0.15, 0.2) is 12.2 Å². The van der Waals surface area contributed by atoms with Crippen molar-refractivity contribution in [2.75, 3.05) is 6.61 Å². The minimum atomic E-state index is -1.44. The van der Waals surface area contributed by atoms with Gasteiger partial charge in [0.05, 0.1) is 0 Å². The fraction of sp³-hybridized carbons (Fsp3) is 0.367. The van der Waals surface area contributed by atoms with Gasteiger partial charge < -0.3 is 32.8 Å². The fourth-order valence-corrected chi connectivity index (χ4v) is 4.74. The topological polar surface area (TPSA) is 154 Å². The zero-order valence-electron chi connectivity index (χ0n) is 23.6. The molecule has 4 rings (SSSR count). The lowest BCUT2D eigenvalue weighted by atomic mass is 9.97. The first-order valence-electron chi connectivity index (χ1n) is 13.0. The zero-order chi connectivity index (χ0) is 30.6. The molecular formula is C30H30O12. The number of carbonyl (C=O) groups excluding carboxylic acids is 4. The number of ether oxygens (including phenoxy) is 6. The highest BCUT2D eigenvalue weighted by Crippen LogP contribution is 2.36. The average Bonchev–Trinajstić information content (AvgIpc) is 2.92. The summed E-state index contributed by atoms with van der Waals surface area (Å²) in [7, 11) is 0. The number of esters is 4. The molecule has 0 N–H and O–H groups in total. The van der Waals surface area contributed by atoms with Gasteiger partial charge in [0, 0.05) is 44.7 Å². The van der Waals surface area contributed by atoms with Gasteiger partial charge in [-0.3, -0.25) is 19.2 Å². The highest BCUT2D eigenvalue weighted by atomic mass is 16.7. The Balaban J connectivity index is 1.78. The second kappa shape index (κ2) is 12.9. The van der Waals surface area contributed by atoms with Crippen LogP contribution in [0.1, 0.15) is 33.3 Å². The molecule has 0 aliphatic carbocycles. The summed E-state index contributed by atoms with van der Waals surface area (Å²) in [6.07, 6.45) is -6.74. The van der Waals surface area contributed by atoms with Gasteiger partial charge in [0.25, 0.3) is 0 Å². The van der Waals surface area contributed by atoms with Crippen LogP contribution in [0.15, 0.2) is 57.7 Å². The van der Waals surface area contributed by atoms with Crippen LogP contribution >= 0.6 is 0 Å². The molecule has 0 bridgehead atoms. The molecule has 222 valence electrons. The second-order valence-electron chi connectivity index (χ2n) is 9.60. The standard InChI is InChI=1S/C30H30O12/c1-15-23(12-11-21-22(13-25(35)42-26(15)21)20-9-7-6-8-10-20)40-30-29(39-19(5)34)28(38-18(4)33)27(37-17(3)32)24(41-30)14-36-16(2)31/h6-13,24,27-30H,14H2,1-5H3. The van der Waals surface area contributed by atoms with Crippen molar-refractivity contribution in [1.29, 1.82) is 0 Å². The Bertz CT molecular complexity index is 1540. The van der Waals surface area contributed by atoms with Gasteiger partial charge >= 0.3 is 29.5 Å². The molecule has 1 aliphatic heterocycles. The van der Waals surface area contributed by atoms with Gasteiger partial charge in [-0.2, -0.15) is 0 Å². The van der Waals surface area contributed by atoms with E-state index in [0.717, 1.165) is 26.3 Å². The van der Waals surface area contributed by atoms with Gasteiger partial charge in [0.2, 0.25) is 12.4 Å². The minimum absolute atomic E-state index is 0.191. The fourth-order valence-electron chi connectivity index (χ4n) is 4.74. The van der Waals surface area contributed by atoms with Crippen molar-refractivity contribution >= 4 is 34.8 Å². The van der Waals surface area contributed by atoms with Crippen molar-refractivity contribution in [2.45, 2.75) is 65.3 Å². The largest absolute Gasteiger partial charge is 0.463 e. The minimum Gasteiger partial charge on any atom is -0.463 e. The molecule has 2 aromatic carbocycles. The normalized spacial score (nSPS) is 21.7. The molecule has 1 aliphatic rings. The van der Waals surface area contributed by atoms with Crippen molar-refractivity contribution in [3.05, 3.63) is 64.5 Å². The molecule has 2 heterocycles. The Hall–Kier alpha value is -4.71. The number of benzene rings is 2. The molecule has 12 heteroatoms. The molecule has 0 amide bonds. The molecule has 1 fully saturated rings. The first-order chi connectivity index (χ1) is 19.9. The third kappa shape index (κ3) is 6.95. The number of hydrogen-bond donors (Lipinski definition) is 0. The van der Waals surface area contributed by atoms with Gasteiger partial charge in [0.1, 0.15) is 24.0 Å². The molecule has 1 saturated heterocycles. The number of fused-ring (bicyclic) bond motifs is 1. The Morgan fingerprint density at radius 1 is 0.786 bits per heavy atom. The summed E-state index contributed by atoms with van der Waals surface area (Å²) >= 11 is 0. The van der Waals surface area contributed by atoms with E-state index >= 15 is 0 Å². The predicted octanol–water partition coefficient (Wildman–Crippen LogP) is 3.23. The summed E-state index contributed by atoms with van der Waals surface area (Å²) in [6.45, 7) is 5.84. The van der Waals surface area contributed by atoms with Gasteiger partial charge in [-0.25, -0.2) is 4.79 Å². The average molecular weight is 583 g/mol. The summed E-state index contributed by atoms with van der Waals surface area (Å²) in [6, 6.07) is 14.0.